The van der Waals surface area contributed by atoms with Gasteiger partial charge in [0.25, 0.3) is 0 Å². The maximum Gasteiger partial charge on any atom is 0.226 e. The highest BCUT2D eigenvalue weighted by molar-refractivity contribution is 7.15. The molecule has 0 radical (unpaired) electrons. The average Bonchev–Trinajstić information content (AvgIpc) is 3.31. The van der Waals surface area contributed by atoms with Crippen molar-refractivity contribution < 1.29 is 4.79 Å². The largest absolute Gasteiger partial charge is 0.349 e. The molecule has 1 aliphatic carbocycles. The summed E-state index contributed by atoms with van der Waals surface area (Å²) in [5, 5.41) is 5.28. The zero-order valence-corrected chi connectivity index (χ0v) is 17.5. The fraction of sp³-hybridized carbons (Fsp3) is 0.217. The second-order valence-corrected chi connectivity index (χ2v) is 8.10. The molecule has 4 aromatic rings. The van der Waals surface area contributed by atoms with Gasteiger partial charge in [-0.3, -0.25) is 9.20 Å². The summed E-state index contributed by atoms with van der Waals surface area (Å²) < 4.78 is 2.04. The van der Waals surface area contributed by atoms with E-state index in [0.717, 1.165) is 41.2 Å². The van der Waals surface area contributed by atoms with Crippen LogP contribution in [-0.4, -0.2) is 15.3 Å². The number of hydrogen-bond acceptors (Lipinski definition) is 3. The first-order valence-corrected chi connectivity index (χ1v) is 10.5. The number of thiazole rings is 1. The van der Waals surface area contributed by atoms with Gasteiger partial charge in [0, 0.05) is 22.8 Å². The second kappa shape index (κ2) is 8.39. The topological polar surface area (TPSA) is 46.4 Å². The molecule has 4 nitrogen and oxygen atoms in total. The van der Waals surface area contributed by atoms with Crippen LogP contribution >= 0.6 is 23.7 Å². The van der Waals surface area contributed by atoms with Gasteiger partial charge < -0.3 is 5.32 Å². The van der Waals surface area contributed by atoms with Crippen molar-refractivity contribution in [3.05, 3.63) is 83.0 Å². The molecule has 6 heteroatoms. The molecule has 1 amide bonds. The van der Waals surface area contributed by atoms with E-state index in [0.29, 0.717) is 6.42 Å². The van der Waals surface area contributed by atoms with E-state index in [1.54, 1.807) is 11.3 Å². The minimum absolute atomic E-state index is 0. The summed E-state index contributed by atoms with van der Waals surface area (Å²) in [5.41, 5.74) is 5.64. The van der Waals surface area contributed by atoms with Crippen LogP contribution in [-0.2, 0) is 17.6 Å². The van der Waals surface area contributed by atoms with Crippen LogP contribution in [0.1, 0.15) is 35.7 Å². The van der Waals surface area contributed by atoms with Crippen LogP contribution in [0.25, 0.3) is 16.2 Å². The van der Waals surface area contributed by atoms with E-state index >= 15 is 0 Å². The van der Waals surface area contributed by atoms with Gasteiger partial charge in [0.05, 0.1) is 18.2 Å². The third-order valence-electron chi connectivity index (χ3n) is 5.40. The van der Waals surface area contributed by atoms with Crippen molar-refractivity contribution in [3.8, 4) is 11.3 Å². The van der Waals surface area contributed by atoms with Gasteiger partial charge >= 0.3 is 0 Å². The summed E-state index contributed by atoms with van der Waals surface area (Å²) in [6.07, 6.45) is 5.62. The molecule has 1 aliphatic rings. The lowest BCUT2D eigenvalue weighted by atomic mass is 9.87. The van der Waals surface area contributed by atoms with Crippen molar-refractivity contribution in [1.82, 2.24) is 14.7 Å². The second-order valence-electron chi connectivity index (χ2n) is 7.26. The summed E-state index contributed by atoms with van der Waals surface area (Å²) >= 11 is 1.58. The van der Waals surface area contributed by atoms with Crippen molar-refractivity contribution in [2.24, 2.45) is 0 Å². The lowest BCUT2D eigenvalue weighted by molar-refractivity contribution is -0.121. The number of amides is 1. The lowest BCUT2D eigenvalue weighted by Crippen LogP contribution is -2.32. The molecule has 0 aliphatic heterocycles. The number of aromatic nitrogens is 2. The standard InChI is InChI=1S/C23H21N3OS.ClH/c27-22(24-20-12-6-10-16-7-4-5-11-19(16)20)13-18-15-28-23-25-21(14-26(18)23)17-8-2-1-3-9-17;/h1-5,7-9,11,14-15,20H,6,10,12-13H2,(H,24,27);1H. The number of rotatable bonds is 4. The molecule has 2 aromatic carbocycles. The van der Waals surface area contributed by atoms with Gasteiger partial charge in [0.15, 0.2) is 4.96 Å². The number of aryl methyl sites for hydroxylation is 1. The maximum absolute atomic E-state index is 12.8. The van der Waals surface area contributed by atoms with E-state index in [1.807, 2.05) is 34.2 Å². The van der Waals surface area contributed by atoms with Gasteiger partial charge in [0.1, 0.15) is 0 Å². The maximum atomic E-state index is 12.8. The fourth-order valence-corrected chi connectivity index (χ4v) is 4.89. The van der Waals surface area contributed by atoms with Gasteiger partial charge in [0.2, 0.25) is 5.91 Å². The fourth-order valence-electron chi connectivity index (χ4n) is 4.02. The number of carbonyl (C=O) groups excluding carboxylic acids is 1. The summed E-state index contributed by atoms with van der Waals surface area (Å²) in [7, 11) is 0. The number of benzene rings is 2. The van der Waals surface area contributed by atoms with Gasteiger partial charge in [-0.05, 0) is 30.4 Å². The first-order valence-electron chi connectivity index (χ1n) is 9.66. The third kappa shape index (κ3) is 3.93. The van der Waals surface area contributed by atoms with Gasteiger partial charge in [-0.15, -0.1) is 23.7 Å². The molecule has 1 atom stereocenters. The van der Waals surface area contributed by atoms with Crippen molar-refractivity contribution >= 4 is 34.6 Å². The van der Waals surface area contributed by atoms with E-state index in [1.165, 1.54) is 11.1 Å². The lowest BCUT2D eigenvalue weighted by Gasteiger charge is -2.26. The molecule has 2 aromatic heterocycles. The first kappa shape index (κ1) is 19.7. The van der Waals surface area contributed by atoms with Crippen molar-refractivity contribution in [2.75, 3.05) is 0 Å². The van der Waals surface area contributed by atoms with Crippen LogP contribution in [0.2, 0.25) is 0 Å². The molecular formula is C23H22ClN3OS. The minimum Gasteiger partial charge on any atom is -0.349 e. The number of nitrogens with one attached hydrogen (secondary N) is 1. The van der Waals surface area contributed by atoms with E-state index < -0.39 is 0 Å². The van der Waals surface area contributed by atoms with E-state index in [-0.39, 0.29) is 24.4 Å². The third-order valence-corrected chi connectivity index (χ3v) is 6.29. The molecule has 1 N–H and O–H groups in total. The van der Waals surface area contributed by atoms with Gasteiger partial charge in [-0.2, -0.15) is 0 Å². The van der Waals surface area contributed by atoms with Crippen LogP contribution in [0.4, 0.5) is 0 Å². The van der Waals surface area contributed by atoms with Gasteiger partial charge in [-0.1, -0.05) is 54.6 Å². The molecule has 0 spiro atoms. The van der Waals surface area contributed by atoms with E-state index in [9.17, 15) is 4.79 Å². The summed E-state index contributed by atoms with van der Waals surface area (Å²) in [6.45, 7) is 0. The van der Waals surface area contributed by atoms with Crippen molar-refractivity contribution in [1.29, 1.82) is 0 Å². The van der Waals surface area contributed by atoms with Crippen LogP contribution < -0.4 is 5.32 Å². The normalized spacial score (nSPS) is 15.5. The molecule has 5 rings (SSSR count). The minimum atomic E-state index is 0. The molecule has 0 saturated carbocycles. The number of carbonyl (C=O) groups is 1. The SMILES string of the molecule is Cl.O=C(Cc1csc2nc(-c3ccccc3)cn12)NC1CCCc2ccccc21. The Bertz CT molecular complexity index is 1140. The molecule has 1 unspecified atom stereocenters. The Morgan fingerprint density at radius 3 is 2.79 bits per heavy atom. The Morgan fingerprint density at radius 1 is 1.14 bits per heavy atom. The van der Waals surface area contributed by atoms with Crippen LogP contribution in [0.5, 0.6) is 0 Å². The number of imidazole rings is 1. The van der Waals surface area contributed by atoms with Crippen LogP contribution in [0, 0.1) is 0 Å². The number of fused-ring (bicyclic) bond motifs is 2. The highest BCUT2D eigenvalue weighted by Gasteiger charge is 2.22. The Balaban J connectivity index is 0.00000205. The Hall–Kier alpha value is -2.63. The van der Waals surface area contributed by atoms with Gasteiger partial charge in [-0.25, -0.2) is 4.98 Å². The predicted octanol–water partition coefficient (Wildman–Crippen LogP) is 5.22. The molecule has 148 valence electrons. The van der Waals surface area contributed by atoms with E-state index in [4.69, 9.17) is 4.98 Å². The Labute approximate surface area is 180 Å². The summed E-state index contributed by atoms with van der Waals surface area (Å²) in [5.74, 6) is 0.0661. The zero-order chi connectivity index (χ0) is 18.9. The zero-order valence-electron chi connectivity index (χ0n) is 15.9. The molecule has 29 heavy (non-hydrogen) atoms. The Morgan fingerprint density at radius 2 is 1.93 bits per heavy atom. The molecular weight excluding hydrogens is 402 g/mol. The predicted molar refractivity (Wildman–Crippen MR) is 120 cm³/mol. The highest BCUT2D eigenvalue weighted by Crippen LogP contribution is 2.29. The van der Waals surface area contributed by atoms with Crippen LogP contribution in [0.3, 0.4) is 0 Å². The summed E-state index contributed by atoms with van der Waals surface area (Å²) in [4.78, 5) is 18.4. The van der Waals surface area contributed by atoms with Crippen molar-refractivity contribution in [3.63, 3.8) is 0 Å². The quantitative estimate of drug-likeness (QED) is 0.489. The smallest absolute Gasteiger partial charge is 0.226 e. The molecule has 2 heterocycles. The molecule has 0 saturated heterocycles. The van der Waals surface area contributed by atoms with Crippen molar-refractivity contribution in [2.45, 2.75) is 31.7 Å². The number of halogens is 1. The Kier molecular flexibility index (Phi) is 5.69. The monoisotopic (exact) mass is 423 g/mol. The van der Waals surface area contributed by atoms with Crippen LogP contribution in [0.15, 0.2) is 66.2 Å². The first-order chi connectivity index (χ1) is 13.8. The number of nitrogens with zero attached hydrogens (tertiary/aromatic N) is 2. The average molecular weight is 424 g/mol. The molecule has 0 bridgehead atoms. The highest BCUT2D eigenvalue weighted by atomic mass is 35.5. The molecule has 0 fully saturated rings. The number of hydrogen-bond donors (Lipinski definition) is 1. The summed E-state index contributed by atoms with van der Waals surface area (Å²) in [6, 6.07) is 18.7. The van der Waals surface area contributed by atoms with E-state index in [2.05, 4.69) is 41.7 Å².